The lowest BCUT2D eigenvalue weighted by Crippen LogP contribution is -2.36. The molecule has 1 rings (SSSR count). The van der Waals surface area contributed by atoms with Crippen molar-refractivity contribution in [2.75, 3.05) is 19.0 Å². The summed E-state index contributed by atoms with van der Waals surface area (Å²) in [6, 6.07) is 0. The number of hydrogen-bond donors (Lipinski definition) is 4. The topological polar surface area (TPSA) is 122 Å². The van der Waals surface area contributed by atoms with Gasteiger partial charge in [-0.1, -0.05) is 13.8 Å². The van der Waals surface area contributed by atoms with E-state index in [0.717, 1.165) is 0 Å². The summed E-state index contributed by atoms with van der Waals surface area (Å²) in [7, 11) is 1.49. The van der Waals surface area contributed by atoms with Crippen molar-refractivity contribution >= 4 is 17.5 Å². The highest BCUT2D eigenvalue weighted by atomic mass is 16.2. The zero-order chi connectivity index (χ0) is 14.4. The molecule has 5 N–H and O–H groups in total. The van der Waals surface area contributed by atoms with Crippen LogP contribution in [0.4, 0.5) is 5.69 Å². The van der Waals surface area contributed by atoms with Crippen molar-refractivity contribution in [1.82, 2.24) is 20.6 Å². The molecule has 0 bridgehead atoms. The Bertz CT molecular complexity index is 474. The van der Waals surface area contributed by atoms with E-state index in [2.05, 4.69) is 26.0 Å². The second-order valence-electron chi connectivity index (χ2n) is 4.15. The molecule has 0 atom stereocenters. The number of hydrazine groups is 1. The van der Waals surface area contributed by atoms with Gasteiger partial charge in [0, 0.05) is 13.0 Å². The number of carbonyl (C=O) groups is 2. The number of nitrogens with two attached hydrogens (primary N) is 1. The number of likely N-dealkylation sites (N-methyl/N-ethyl adjacent to an activating group) is 1. The van der Waals surface area contributed by atoms with Crippen LogP contribution in [0.5, 0.6) is 0 Å². The summed E-state index contributed by atoms with van der Waals surface area (Å²) in [6.45, 7) is 3.70. The quantitative estimate of drug-likeness (QED) is 0.415. The van der Waals surface area contributed by atoms with E-state index in [1.54, 1.807) is 0 Å². The van der Waals surface area contributed by atoms with Crippen LogP contribution in [0.25, 0.3) is 0 Å². The van der Waals surface area contributed by atoms with Gasteiger partial charge in [0.25, 0.3) is 5.91 Å². The predicted octanol–water partition coefficient (Wildman–Crippen LogP) is -0.639. The molecule has 0 fully saturated rings. The van der Waals surface area contributed by atoms with E-state index in [1.165, 1.54) is 13.2 Å². The lowest BCUT2D eigenvalue weighted by Gasteiger charge is -2.11. The van der Waals surface area contributed by atoms with Crippen LogP contribution in [-0.4, -0.2) is 35.4 Å². The lowest BCUT2D eigenvalue weighted by molar-refractivity contribution is -0.119. The molecule has 0 saturated carbocycles. The Kier molecular flexibility index (Phi) is 5.19. The zero-order valence-corrected chi connectivity index (χ0v) is 11.2. The number of anilines is 1. The summed E-state index contributed by atoms with van der Waals surface area (Å²) < 4.78 is 0. The molecule has 0 radical (unpaired) electrons. The fraction of sp³-hybridized carbons (Fsp3) is 0.455. The van der Waals surface area contributed by atoms with Crippen LogP contribution in [-0.2, 0) is 4.79 Å². The highest BCUT2D eigenvalue weighted by Gasteiger charge is 2.16. The Morgan fingerprint density at radius 3 is 2.63 bits per heavy atom. The first-order valence-electron chi connectivity index (χ1n) is 5.82. The summed E-state index contributed by atoms with van der Waals surface area (Å²) >= 11 is 0. The van der Waals surface area contributed by atoms with Crippen LogP contribution in [0.1, 0.15) is 36.1 Å². The van der Waals surface area contributed by atoms with E-state index < -0.39 is 5.91 Å². The van der Waals surface area contributed by atoms with Gasteiger partial charge >= 0.3 is 0 Å². The summed E-state index contributed by atoms with van der Waals surface area (Å²) in [5.41, 5.74) is 2.78. The second-order valence-corrected chi connectivity index (χ2v) is 4.15. The van der Waals surface area contributed by atoms with Crippen LogP contribution < -0.4 is 21.9 Å². The summed E-state index contributed by atoms with van der Waals surface area (Å²) in [5.74, 6) is 5.14. The number of carbonyl (C=O) groups excluding carboxylic acids is 2. The van der Waals surface area contributed by atoms with Gasteiger partial charge in [0.1, 0.15) is 5.82 Å². The third-order valence-corrected chi connectivity index (χ3v) is 2.38. The zero-order valence-electron chi connectivity index (χ0n) is 11.2. The number of nitrogens with one attached hydrogen (secondary N) is 3. The number of hydrogen-bond acceptors (Lipinski definition) is 6. The lowest BCUT2D eigenvalue weighted by atomic mass is 10.2. The van der Waals surface area contributed by atoms with Crippen molar-refractivity contribution in [3.8, 4) is 0 Å². The summed E-state index contributed by atoms with van der Waals surface area (Å²) in [5, 5.41) is 4.86. The van der Waals surface area contributed by atoms with Crippen molar-refractivity contribution in [1.29, 1.82) is 0 Å². The van der Waals surface area contributed by atoms with Gasteiger partial charge in [-0.25, -0.2) is 9.97 Å². The minimum absolute atomic E-state index is 0.0808. The molecule has 8 nitrogen and oxygen atoms in total. The maximum atomic E-state index is 11.9. The van der Waals surface area contributed by atoms with Crippen molar-refractivity contribution < 1.29 is 9.59 Å². The van der Waals surface area contributed by atoms with Crippen LogP contribution >= 0.6 is 0 Å². The summed E-state index contributed by atoms with van der Waals surface area (Å²) in [6.07, 6.45) is 1.44. The van der Waals surface area contributed by atoms with Gasteiger partial charge in [0.05, 0.1) is 18.4 Å². The van der Waals surface area contributed by atoms with Crippen molar-refractivity contribution in [2.24, 2.45) is 5.84 Å². The first-order chi connectivity index (χ1) is 8.99. The Balaban J connectivity index is 2.93. The van der Waals surface area contributed by atoms with Gasteiger partial charge in [-0.3, -0.25) is 15.4 Å². The molecule has 104 valence electrons. The highest BCUT2D eigenvalue weighted by molar-refractivity contribution is 5.99. The fourth-order valence-electron chi connectivity index (χ4n) is 1.29. The van der Waals surface area contributed by atoms with E-state index in [0.29, 0.717) is 11.5 Å². The van der Waals surface area contributed by atoms with E-state index in [9.17, 15) is 9.59 Å². The maximum absolute atomic E-state index is 11.9. The standard InChI is InChI=1S/C11H18N6O2/c1-6(2)10-14-4-7(17-12)9(16-10)11(19)15-5-8(18)13-3/h4,6,17H,5,12H2,1-3H3,(H,13,18)(H,15,19). The molecule has 19 heavy (non-hydrogen) atoms. The largest absolute Gasteiger partial charge is 0.358 e. The molecule has 0 spiro atoms. The van der Waals surface area contributed by atoms with Crippen LogP contribution in [0.15, 0.2) is 6.20 Å². The molecule has 0 aliphatic rings. The third-order valence-electron chi connectivity index (χ3n) is 2.38. The molecule has 0 aromatic carbocycles. The molecule has 1 aromatic rings. The predicted molar refractivity (Wildman–Crippen MR) is 70.3 cm³/mol. The molecule has 0 saturated heterocycles. The Labute approximate surface area is 111 Å². The second kappa shape index (κ2) is 6.64. The molecular weight excluding hydrogens is 248 g/mol. The van der Waals surface area contributed by atoms with E-state index in [1.807, 2.05) is 13.8 Å². The van der Waals surface area contributed by atoms with Crippen LogP contribution in [0.3, 0.4) is 0 Å². The van der Waals surface area contributed by atoms with E-state index >= 15 is 0 Å². The normalized spacial score (nSPS) is 10.2. The first kappa shape index (κ1) is 14.8. The number of nitrogen functional groups attached to an aromatic ring is 1. The summed E-state index contributed by atoms with van der Waals surface area (Å²) in [4.78, 5) is 31.3. The van der Waals surface area contributed by atoms with Gasteiger partial charge in [-0.2, -0.15) is 0 Å². The Morgan fingerprint density at radius 2 is 2.11 bits per heavy atom. The number of rotatable bonds is 5. The molecule has 2 amide bonds. The minimum Gasteiger partial charge on any atom is -0.358 e. The van der Waals surface area contributed by atoms with E-state index in [4.69, 9.17) is 5.84 Å². The average molecular weight is 266 g/mol. The average Bonchev–Trinajstić information content (AvgIpc) is 2.43. The highest BCUT2D eigenvalue weighted by Crippen LogP contribution is 2.15. The smallest absolute Gasteiger partial charge is 0.272 e. The van der Waals surface area contributed by atoms with Crippen molar-refractivity contribution in [3.05, 3.63) is 17.7 Å². The maximum Gasteiger partial charge on any atom is 0.272 e. The Hall–Kier alpha value is -2.22. The number of amides is 2. The molecular formula is C11H18N6O2. The molecule has 1 aromatic heterocycles. The Morgan fingerprint density at radius 1 is 1.42 bits per heavy atom. The molecule has 0 aliphatic carbocycles. The van der Waals surface area contributed by atoms with Gasteiger partial charge in [0.2, 0.25) is 5.91 Å². The monoisotopic (exact) mass is 266 g/mol. The van der Waals surface area contributed by atoms with Gasteiger partial charge in [-0.05, 0) is 0 Å². The van der Waals surface area contributed by atoms with Crippen LogP contribution in [0, 0.1) is 0 Å². The third kappa shape index (κ3) is 3.88. The van der Waals surface area contributed by atoms with Crippen molar-refractivity contribution in [2.45, 2.75) is 19.8 Å². The number of aromatic nitrogens is 2. The molecule has 0 aliphatic heterocycles. The molecule has 0 unspecified atom stereocenters. The molecule has 1 heterocycles. The van der Waals surface area contributed by atoms with Crippen molar-refractivity contribution in [3.63, 3.8) is 0 Å². The fourth-order valence-corrected chi connectivity index (χ4v) is 1.29. The van der Waals surface area contributed by atoms with Crippen LogP contribution in [0.2, 0.25) is 0 Å². The van der Waals surface area contributed by atoms with E-state index in [-0.39, 0.29) is 24.1 Å². The van der Waals surface area contributed by atoms with Gasteiger partial charge < -0.3 is 16.1 Å². The first-order valence-corrected chi connectivity index (χ1v) is 5.82. The van der Waals surface area contributed by atoms with Gasteiger partial charge in [0.15, 0.2) is 5.69 Å². The molecule has 8 heteroatoms. The SMILES string of the molecule is CNC(=O)CNC(=O)c1nc(C(C)C)ncc1NN. The minimum atomic E-state index is -0.485. The van der Waals surface area contributed by atoms with Gasteiger partial charge in [-0.15, -0.1) is 0 Å². The number of nitrogens with zero attached hydrogens (tertiary/aromatic N) is 2.